The van der Waals surface area contributed by atoms with Crippen molar-refractivity contribution < 1.29 is 22.7 Å². The topological polar surface area (TPSA) is 86.3 Å². The number of thiazole rings is 1. The zero-order valence-corrected chi connectivity index (χ0v) is 25.4. The summed E-state index contributed by atoms with van der Waals surface area (Å²) in [4.78, 5) is 22.3. The molecule has 2 aromatic heterocycles. The van der Waals surface area contributed by atoms with Crippen LogP contribution in [-0.2, 0) is 0 Å². The van der Waals surface area contributed by atoms with Gasteiger partial charge in [-0.3, -0.25) is 4.57 Å². The first-order chi connectivity index (χ1) is 20.9. The van der Waals surface area contributed by atoms with Crippen molar-refractivity contribution in [1.82, 2.24) is 24.6 Å². The average Bonchev–Trinajstić information content (AvgIpc) is 3.60. The summed E-state index contributed by atoms with van der Waals surface area (Å²) in [7, 11) is 0. The lowest BCUT2D eigenvalue weighted by Gasteiger charge is -2.13. The van der Waals surface area contributed by atoms with Crippen molar-refractivity contribution in [3.05, 3.63) is 111 Å². The molecule has 0 radical (unpaired) electrons. The summed E-state index contributed by atoms with van der Waals surface area (Å²) in [6, 6.07) is 18.5. The van der Waals surface area contributed by atoms with Crippen LogP contribution >= 0.6 is 11.3 Å². The van der Waals surface area contributed by atoms with Crippen LogP contribution in [0.1, 0.15) is 36.2 Å². The van der Waals surface area contributed by atoms with E-state index in [1.54, 1.807) is 0 Å². The lowest BCUT2D eigenvalue weighted by Crippen LogP contribution is -2.24. The molecule has 12 heteroatoms. The fourth-order valence-corrected chi connectivity index (χ4v) is 5.53. The van der Waals surface area contributed by atoms with Crippen LogP contribution in [0.2, 0.25) is 0 Å². The van der Waals surface area contributed by atoms with E-state index in [-0.39, 0.29) is 5.75 Å². The van der Waals surface area contributed by atoms with Gasteiger partial charge in [0.15, 0.2) is 10.6 Å². The van der Waals surface area contributed by atoms with Crippen LogP contribution in [-0.4, -0.2) is 31.7 Å². The number of para-hydroxylation sites is 1. The number of hydrogen-bond acceptors (Lipinski definition) is 5. The highest BCUT2D eigenvalue weighted by Crippen LogP contribution is 2.25. The first-order valence-corrected chi connectivity index (χ1v) is 14.4. The predicted octanol–water partition coefficient (Wildman–Crippen LogP) is 7.67. The minimum atomic E-state index is -4.76. The Bertz CT molecular complexity index is 1900. The number of rotatable bonds is 6. The molecule has 2 amide bonds. The number of urea groups is 1. The number of aryl methyl sites for hydroxylation is 3. The summed E-state index contributed by atoms with van der Waals surface area (Å²) in [6.07, 6.45) is -3.27. The van der Waals surface area contributed by atoms with E-state index in [2.05, 4.69) is 25.1 Å². The Balaban J connectivity index is 1.30. The van der Waals surface area contributed by atoms with E-state index in [4.69, 9.17) is 0 Å². The number of aromatic nitrogens is 4. The molecule has 0 aliphatic rings. The smallest absolute Gasteiger partial charge is 0.406 e. The number of benzene rings is 3. The van der Waals surface area contributed by atoms with E-state index in [0.29, 0.717) is 22.0 Å². The highest BCUT2D eigenvalue weighted by Gasteiger charge is 2.31. The maximum absolute atomic E-state index is 13.0. The number of hydrogen-bond donors (Lipinski definition) is 1. The minimum absolute atomic E-state index is 0.316. The number of nitrogens with one attached hydrogen (secondary N) is 1. The van der Waals surface area contributed by atoms with Gasteiger partial charge in [-0.15, -0.1) is 29.6 Å². The third-order valence-electron chi connectivity index (χ3n) is 7.00. The molecule has 8 nitrogen and oxygen atoms in total. The Hall–Kier alpha value is -4.97. The third-order valence-corrected chi connectivity index (χ3v) is 7.94. The van der Waals surface area contributed by atoms with Crippen molar-refractivity contribution in [2.75, 3.05) is 0 Å². The maximum atomic E-state index is 13.0. The van der Waals surface area contributed by atoms with Crippen LogP contribution in [0, 0.1) is 20.8 Å². The van der Waals surface area contributed by atoms with Gasteiger partial charge >= 0.3 is 12.4 Å². The SMILES string of the molecule is C/C(NC(=O)/N=c1\scc(C)n1-c1c(C)cccc1C)=C(/C)c1ccc(-c2ncn(-c3ccc(OC(F)(F)F)cc3)n2)cc1. The summed E-state index contributed by atoms with van der Waals surface area (Å²) in [5, 5.41) is 9.32. The van der Waals surface area contributed by atoms with Gasteiger partial charge in [0.1, 0.15) is 12.1 Å². The maximum Gasteiger partial charge on any atom is 0.573 e. The number of amides is 2. The normalized spacial score (nSPS) is 12.7. The second kappa shape index (κ2) is 12.3. The number of nitrogens with zero attached hydrogens (tertiary/aromatic N) is 5. The van der Waals surface area contributed by atoms with Crippen LogP contribution in [0.15, 0.2) is 89.1 Å². The molecule has 0 saturated heterocycles. The van der Waals surface area contributed by atoms with Crippen LogP contribution < -0.4 is 14.9 Å². The van der Waals surface area contributed by atoms with E-state index in [1.807, 2.05) is 87.0 Å². The lowest BCUT2D eigenvalue weighted by atomic mass is 10.0. The number of halogens is 3. The first kappa shape index (κ1) is 30.5. The van der Waals surface area contributed by atoms with Crippen molar-refractivity contribution in [1.29, 1.82) is 0 Å². The average molecular weight is 619 g/mol. The van der Waals surface area contributed by atoms with Gasteiger partial charge in [0.05, 0.1) is 11.4 Å². The molecular formula is C32H29F3N6O2S. The van der Waals surface area contributed by atoms with Crippen LogP contribution in [0.4, 0.5) is 18.0 Å². The van der Waals surface area contributed by atoms with E-state index < -0.39 is 12.4 Å². The van der Waals surface area contributed by atoms with Gasteiger partial charge in [-0.2, -0.15) is 4.99 Å². The molecule has 3 aromatic carbocycles. The second-order valence-electron chi connectivity index (χ2n) is 10.2. The number of allylic oxidation sites excluding steroid dienone is 2. The zero-order valence-electron chi connectivity index (χ0n) is 24.6. The summed E-state index contributed by atoms with van der Waals surface area (Å²) >= 11 is 1.41. The molecule has 0 aliphatic carbocycles. The van der Waals surface area contributed by atoms with Gasteiger partial charge in [0.25, 0.3) is 0 Å². The van der Waals surface area contributed by atoms with Crippen molar-refractivity contribution in [3.8, 4) is 28.5 Å². The number of ether oxygens (including phenoxy) is 1. The Labute approximate surface area is 255 Å². The molecule has 0 atom stereocenters. The largest absolute Gasteiger partial charge is 0.573 e. The summed E-state index contributed by atoms with van der Waals surface area (Å²) in [5.41, 5.74) is 7.91. The number of carbonyl (C=O) groups excluding carboxylic acids is 1. The highest BCUT2D eigenvalue weighted by atomic mass is 32.1. The summed E-state index contributed by atoms with van der Waals surface area (Å²) in [5.74, 6) is 0.129. The fraction of sp³-hybridized carbons (Fsp3) is 0.188. The summed E-state index contributed by atoms with van der Waals surface area (Å²) in [6.45, 7) is 9.81. The molecule has 0 fully saturated rings. The van der Waals surface area contributed by atoms with Gasteiger partial charge in [-0.1, -0.05) is 42.5 Å². The van der Waals surface area contributed by atoms with Crippen molar-refractivity contribution in [3.63, 3.8) is 0 Å². The van der Waals surface area contributed by atoms with E-state index in [0.717, 1.165) is 39.2 Å². The fourth-order valence-electron chi connectivity index (χ4n) is 4.68. The molecule has 44 heavy (non-hydrogen) atoms. The summed E-state index contributed by atoms with van der Waals surface area (Å²) < 4.78 is 44.7. The quantitative estimate of drug-likeness (QED) is 0.212. The molecule has 2 heterocycles. The number of carbonyl (C=O) groups is 1. The molecule has 0 spiro atoms. The van der Waals surface area contributed by atoms with E-state index in [9.17, 15) is 18.0 Å². The second-order valence-corrected chi connectivity index (χ2v) is 11.0. The molecule has 0 saturated carbocycles. The van der Waals surface area contributed by atoms with Crippen LogP contribution in [0.3, 0.4) is 0 Å². The third kappa shape index (κ3) is 6.81. The predicted molar refractivity (Wildman–Crippen MR) is 164 cm³/mol. The van der Waals surface area contributed by atoms with Crippen molar-refractivity contribution in [2.45, 2.75) is 41.0 Å². The Morgan fingerprint density at radius 2 is 1.61 bits per heavy atom. The molecule has 5 rings (SSSR count). The van der Waals surface area contributed by atoms with Gasteiger partial charge in [0.2, 0.25) is 0 Å². The molecule has 0 aliphatic heterocycles. The molecule has 5 aromatic rings. The Morgan fingerprint density at radius 1 is 0.955 bits per heavy atom. The number of alkyl halides is 3. The lowest BCUT2D eigenvalue weighted by molar-refractivity contribution is -0.274. The molecule has 1 N–H and O–H groups in total. The van der Waals surface area contributed by atoms with Gasteiger partial charge in [0, 0.05) is 22.3 Å². The highest BCUT2D eigenvalue weighted by molar-refractivity contribution is 7.07. The molecular weight excluding hydrogens is 589 g/mol. The van der Waals surface area contributed by atoms with Gasteiger partial charge in [-0.25, -0.2) is 14.5 Å². The van der Waals surface area contributed by atoms with Crippen LogP contribution in [0.5, 0.6) is 5.75 Å². The van der Waals surface area contributed by atoms with Crippen molar-refractivity contribution in [2.24, 2.45) is 4.99 Å². The standard InChI is InChI=1S/C32H29F3N6O2S/c1-19-7-6-8-20(2)28(19)41-21(3)17-44-31(41)38-30(42)37-23(5)22(4)24-9-11-25(12-10-24)29-36-18-40(39-29)26-13-15-27(16-14-26)43-32(33,34)35/h6-18H,1-5H3,(H,37,42)/b23-22+,38-31-. The van der Waals surface area contributed by atoms with Gasteiger partial charge < -0.3 is 10.1 Å². The first-order valence-electron chi connectivity index (χ1n) is 13.5. The molecule has 0 bridgehead atoms. The van der Waals surface area contributed by atoms with E-state index in [1.165, 1.54) is 46.6 Å². The van der Waals surface area contributed by atoms with Crippen molar-refractivity contribution >= 4 is 22.9 Å². The Kier molecular flexibility index (Phi) is 8.54. The monoisotopic (exact) mass is 618 g/mol. The Morgan fingerprint density at radius 3 is 2.25 bits per heavy atom. The van der Waals surface area contributed by atoms with Gasteiger partial charge in [-0.05, 0) is 81.1 Å². The molecule has 0 unspecified atom stereocenters. The molecule has 226 valence electrons. The van der Waals surface area contributed by atoms with Crippen LogP contribution in [0.25, 0.3) is 28.3 Å². The van der Waals surface area contributed by atoms with E-state index >= 15 is 0 Å². The minimum Gasteiger partial charge on any atom is -0.406 e. The zero-order chi connectivity index (χ0) is 31.6.